The number of benzene rings is 1. The smallest absolute Gasteiger partial charge is 0.341 e. The lowest BCUT2D eigenvalue weighted by atomic mass is 9.88. The summed E-state index contributed by atoms with van der Waals surface area (Å²) in [4.78, 5) is 26.3. The number of hydrogen-bond acceptors (Lipinski definition) is 5. The van der Waals surface area contributed by atoms with Gasteiger partial charge in [-0.1, -0.05) is 32.4 Å². The fourth-order valence-corrected chi connectivity index (χ4v) is 5.33. The fourth-order valence-electron chi connectivity index (χ4n) is 3.91. The second-order valence-corrected chi connectivity index (χ2v) is 9.28. The standard InChI is InChI=1S/C25H33NO4S/c1-4-7-18-10-12-19(13-11-18)30-15-6-8-22(27)26-24-23(25(28)29-5-2)20-14-9-17(3)16-21(20)31-24/h10-13,17H,4-9,14-16H2,1-3H3,(H,26,27). The number of ether oxygens (including phenoxy) is 2. The van der Waals surface area contributed by atoms with Crippen molar-refractivity contribution in [1.29, 1.82) is 0 Å². The predicted molar refractivity (Wildman–Crippen MR) is 125 cm³/mol. The van der Waals surface area contributed by atoms with Gasteiger partial charge >= 0.3 is 5.97 Å². The molecule has 168 valence electrons. The van der Waals surface area contributed by atoms with Crippen LogP contribution < -0.4 is 10.1 Å². The van der Waals surface area contributed by atoms with Gasteiger partial charge in [-0.25, -0.2) is 4.79 Å². The van der Waals surface area contributed by atoms with Crippen molar-refractivity contribution < 1.29 is 19.1 Å². The molecule has 0 aliphatic heterocycles. The second kappa shape index (κ2) is 11.3. The van der Waals surface area contributed by atoms with E-state index in [-0.39, 0.29) is 11.9 Å². The van der Waals surface area contributed by atoms with E-state index in [9.17, 15) is 9.59 Å². The fraction of sp³-hybridized carbons (Fsp3) is 0.520. The summed E-state index contributed by atoms with van der Waals surface area (Å²) < 4.78 is 11.0. The summed E-state index contributed by atoms with van der Waals surface area (Å²) in [6, 6.07) is 8.13. The third kappa shape index (κ3) is 6.33. The van der Waals surface area contributed by atoms with E-state index in [1.54, 1.807) is 6.92 Å². The predicted octanol–water partition coefficient (Wildman–Crippen LogP) is 5.80. The molecule has 31 heavy (non-hydrogen) atoms. The van der Waals surface area contributed by atoms with Crippen LogP contribution in [0.3, 0.4) is 0 Å². The van der Waals surface area contributed by atoms with Crippen molar-refractivity contribution >= 4 is 28.2 Å². The van der Waals surface area contributed by atoms with E-state index in [2.05, 4.69) is 31.3 Å². The van der Waals surface area contributed by atoms with E-state index in [1.807, 2.05) is 12.1 Å². The molecule has 1 unspecified atom stereocenters. The van der Waals surface area contributed by atoms with Gasteiger partial charge in [-0.05, 0) is 68.2 Å². The maximum absolute atomic E-state index is 12.6. The van der Waals surface area contributed by atoms with Gasteiger partial charge in [0.1, 0.15) is 10.8 Å². The molecule has 3 rings (SSSR count). The summed E-state index contributed by atoms with van der Waals surface area (Å²) in [5, 5.41) is 3.60. The zero-order chi connectivity index (χ0) is 22.2. The molecule has 2 aromatic rings. The Morgan fingerprint density at radius 3 is 2.68 bits per heavy atom. The number of esters is 1. The summed E-state index contributed by atoms with van der Waals surface area (Å²) in [5.74, 6) is 0.988. The van der Waals surface area contributed by atoms with Crippen molar-refractivity contribution in [1.82, 2.24) is 0 Å². The monoisotopic (exact) mass is 443 g/mol. The molecule has 1 amide bonds. The van der Waals surface area contributed by atoms with Crippen molar-refractivity contribution in [3.8, 4) is 5.75 Å². The van der Waals surface area contributed by atoms with Crippen molar-refractivity contribution in [2.75, 3.05) is 18.5 Å². The molecule has 1 N–H and O–H groups in total. The Bertz CT molecular complexity index is 888. The van der Waals surface area contributed by atoms with E-state index in [1.165, 1.54) is 21.8 Å². The Morgan fingerprint density at radius 1 is 1.19 bits per heavy atom. The molecule has 1 aromatic carbocycles. The number of amides is 1. The molecule has 0 spiro atoms. The lowest BCUT2D eigenvalue weighted by Gasteiger charge is -2.18. The summed E-state index contributed by atoms with van der Waals surface area (Å²) in [6.07, 6.45) is 6.02. The van der Waals surface area contributed by atoms with E-state index in [0.717, 1.165) is 43.4 Å². The highest BCUT2D eigenvalue weighted by atomic mass is 32.1. The third-order valence-electron chi connectivity index (χ3n) is 5.52. The van der Waals surface area contributed by atoms with Gasteiger partial charge in [0, 0.05) is 11.3 Å². The molecule has 6 heteroatoms. The summed E-state index contributed by atoms with van der Waals surface area (Å²) in [6.45, 7) is 6.99. The second-order valence-electron chi connectivity index (χ2n) is 8.17. The van der Waals surface area contributed by atoms with Gasteiger partial charge in [0.05, 0.1) is 18.8 Å². The van der Waals surface area contributed by atoms with E-state index < -0.39 is 0 Å². The number of thiophene rings is 1. The summed E-state index contributed by atoms with van der Waals surface area (Å²) in [5.41, 5.74) is 2.93. The summed E-state index contributed by atoms with van der Waals surface area (Å²) >= 11 is 1.53. The molecule has 0 saturated heterocycles. The Morgan fingerprint density at radius 2 is 1.97 bits per heavy atom. The highest BCUT2D eigenvalue weighted by molar-refractivity contribution is 7.17. The van der Waals surface area contributed by atoms with Crippen molar-refractivity contribution in [3.05, 3.63) is 45.8 Å². The zero-order valence-corrected chi connectivity index (χ0v) is 19.6. The van der Waals surface area contributed by atoms with Crippen LogP contribution in [0.4, 0.5) is 5.00 Å². The summed E-state index contributed by atoms with van der Waals surface area (Å²) in [7, 11) is 0. The molecular weight excluding hydrogens is 410 g/mol. The molecule has 0 radical (unpaired) electrons. The molecular formula is C25H33NO4S. The minimum atomic E-state index is -0.334. The molecule has 1 aliphatic carbocycles. The van der Waals surface area contributed by atoms with Crippen LogP contribution >= 0.6 is 11.3 Å². The van der Waals surface area contributed by atoms with Crippen LogP contribution in [0.25, 0.3) is 0 Å². The Kier molecular flexibility index (Phi) is 8.52. The van der Waals surface area contributed by atoms with Gasteiger partial charge in [-0.3, -0.25) is 4.79 Å². The van der Waals surface area contributed by atoms with Crippen LogP contribution in [-0.2, 0) is 28.8 Å². The van der Waals surface area contributed by atoms with E-state index in [0.29, 0.717) is 42.5 Å². The molecule has 1 heterocycles. The SMILES string of the molecule is CCCc1ccc(OCCCC(=O)Nc2sc3c(c2C(=O)OCC)CCC(C)C3)cc1. The molecule has 0 fully saturated rings. The number of aryl methyl sites for hydroxylation is 1. The van der Waals surface area contributed by atoms with Gasteiger partial charge in [0.25, 0.3) is 0 Å². The van der Waals surface area contributed by atoms with Crippen LogP contribution in [0.5, 0.6) is 5.75 Å². The number of carbonyl (C=O) groups is 2. The van der Waals surface area contributed by atoms with E-state index in [4.69, 9.17) is 9.47 Å². The number of carbonyl (C=O) groups excluding carboxylic acids is 2. The number of fused-ring (bicyclic) bond motifs is 1. The lowest BCUT2D eigenvalue weighted by molar-refractivity contribution is -0.116. The maximum Gasteiger partial charge on any atom is 0.341 e. The first-order valence-electron chi connectivity index (χ1n) is 11.3. The van der Waals surface area contributed by atoms with Crippen molar-refractivity contribution in [3.63, 3.8) is 0 Å². The van der Waals surface area contributed by atoms with Gasteiger partial charge in [-0.15, -0.1) is 11.3 Å². The van der Waals surface area contributed by atoms with Crippen LogP contribution in [0.2, 0.25) is 0 Å². The largest absolute Gasteiger partial charge is 0.494 e. The van der Waals surface area contributed by atoms with Crippen molar-refractivity contribution in [2.24, 2.45) is 5.92 Å². The Balaban J connectivity index is 1.54. The molecule has 1 aromatic heterocycles. The van der Waals surface area contributed by atoms with Crippen LogP contribution in [0.15, 0.2) is 24.3 Å². The first-order chi connectivity index (χ1) is 15.0. The Labute approximate surface area is 189 Å². The molecule has 1 aliphatic rings. The number of rotatable bonds is 10. The van der Waals surface area contributed by atoms with Gasteiger partial charge in [0.2, 0.25) is 5.91 Å². The third-order valence-corrected chi connectivity index (χ3v) is 6.69. The van der Waals surface area contributed by atoms with Gasteiger partial charge in [0.15, 0.2) is 0 Å². The number of nitrogens with one attached hydrogen (secondary N) is 1. The average Bonchev–Trinajstić information content (AvgIpc) is 3.09. The van der Waals surface area contributed by atoms with Gasteiger partial charge < -0.3 is 14.8 Å². The first kappa shape index (κ1) is 23.3. The topological polar surface area (TPSA) is 64.6 Å². The van der Waals surface area contributed by atoms with Crippen molar-refractivity contribution in [2.45, 2.75) is 65.7 Å². The first-order valence-corrected chi connectivity index (χ1v) is 12.2. The zero-order valence-electron chi connectivity index (χ0n) is 18.8. The van der Waals surface area contributed by atoms with E-state index >= 15 is 0 Å². The molecule has 0 saturated carbocycles. The van der Waals surface area contributed by atoms with Crippen LogP contribution in [-0.4, -0.2) is 25.1 Å². The lowest BCUT2D eigenvalue weighted by Crippen LogP contribution is -2.17. The normalized spacial score (nSPS) is 15.3. The average molecular weight is 444 g/mol. The Hall–Kier alpha value is -2.34. The number of hydrogen-bond donors (Lipinski definition) is 1. The molecule has 5 nitrogen and oxygen atoms in total. The molecule has 0 bridgehead atoms. The molecule has 1 atom stereocenters. The van der Waals surface area contributed by atoms with Crippen LogP contribution in [0.1, 0.15) is 72.8 Å². The van der Waals surface area contributed by atoms with Gasteiger partial charge in [-0.2, -0.15) is 0 Å². The minimum absolute atomic E-state index is 0.0981. The quantitative estimate of drug-likeness (QED) is 0.372. The highest BCUT2D eigenvalue weighted by Gasteiger charge is 2.29. The highest BCUT2D eigenvalue weighted by Crippen LogP contribution is 2.40. The van der Waals surface area contributed by atoms with Crippen LogP contribution in [0, 0.1) is 5.92 Å². The number of anilines is 1. The minimum Gasteiger partial charge on any atom is -0.494 e. The maximum atomic E-state index is 12.6.